The summed E-state index contributed by atoms with van der Waals surface area (Å²) in [6.45, 7) is 1.91. The molecule has 0 aliphatic carbocycles. The van der Waals surface area contributed by atoms with Gasteiger partial charge in [-0.2, -0.15) is 4.68 Å². The molecule has 0 aliphatic heterocycles. The smallest absolute Gasteiger partial charge is 0.254 e. The third-order valence-electron chi connectivity index (χ3n) is 3.88. The summed E-state index contributed by atoms with van der Waals surface area (Å²) in [6.07, 6.45) is 3.04. The van der Waals surface area contributed by atoms with E-state index in [0.29, 0.717) is 17.0 Å². The first kappa shape index (κ1) is 15.7. The lowest BCUT2D eigenvalue weighted by Gasteiger charge is -2.23. The Morgan fingerprint density at radius 3 is 2.83 bits per heavy atom. The van der Waals surface area contributed by atoms with Crippen molar-refractivity contribution in [2.75, 3.05) is 14.2 Å². The lowest BCUT2D eigenvalue weighted by Crippen LogP contribution is -2.29. The summed E-state index contributed by atoms with van der Waals surface area (Å²) in [4.78, 5) is 14.4. The molecule has 1 aromatic carbocycles. The van der Waals surface area contributed by atoms with Crippen LogP contribution in [-0.4, -0.2) is 45.2 Å². The molecule has 2 aromatic heterocycles. The molecule has 3 aromatic rings. The second kappa shape index (κ2) is 6.53. The highest BCUT2D eigenvalue weighted by Gasteiger charge is 2.22. The van der Waals surface area contributed by atoms with Gasteiger partial charge < -0.3 is 14.1 Å². The first-order chi connectivity index (χ1) is 11.6. The van der Waals surface area contributed by atoms with Crippen molar-refractivity contribution in [3.8, 4) is 11.4 Å². The summed E-state index contributed by atoms with van der Waals surface area (Å²) < 4.78 is 12.1. The molecule has 8 heteroatoms. The average molecular weight is 327 g/mol. The van der Waals surface area contributed by atoms with E-state index < -0.39 is 0 Å². The zero-order valence-corrected chi connectivity index (χ0v) is 13.6. The first-order valence-electron chi connectivity index (χ1n) is 7.33. The Hall–Kier alpha value is -3.16. The van der Waals surface area contributed by atoms with E-state index in [2.05, 4.69) is 15.5 Å². The average Bonchev–Trinajstić information content (AvgIpc) is 3.32. The van der Waals surface area contributed by atoms with Gasteiger partial charge in [-0.1, -0.05) is 0 Å². The lowest BCUT2D eigenvalue weighted by atomic mass is 10.1. The fraction of sp³-hybridized carbons (Fsp3) is 0.250. The van der Waals surface area contributed by atoms with Crippen LogP contribution in [0.3, 0.4) is 0 Å². The minimum atomic E-state index is -0.189. The highest BCUT2D eigenvalue weighted by atomic mass is 16.5. The third-order valence-corrected chi connectivity index (χ3v) is 3.88. The minimum absolute atomic E-state index is 0.143. The summed E-state index contributed by atoms with van der Waals surface area (Å²) in [5.41, 5.74) is 1.09. The van der Waals surface area contributed by atoms with Crippen molar-refractivity contribution >= 4 is 5.91 Å². The number of furan rings is 1. The van der Waals surface area contributed by atoms with Crippen molar-refractivity contribution in [3.63, 3.8) is 0 Å². The summed E-state index contributed by atoms with van der Waals surface area (Å²) in [5, 5.41) is 11.1. The molecule has 24 heavy (non-hydrogen) atoms. The van der Waals surface area contributed by atoms with Crippen LogP contribution < -0.4 is 4.74 Å². The van der Waals surface area contributed by atoms with E-state index in [1.807, 2.05) is 13.0 Å². The number of aromatic nitrogens is 4. The maximum absolute atomic E-state index is 12.8. The Morgan fingerprint density at radius 2 is 2.21 bits per heavy atom. The third kappa shape index (κ3) is 2.85. The molecule has 0 saturated heterocycles. The fourth-order valence-electron chi connectivity index (χ4n) is 2.37. The number of carbonyl (C=O) groups excluding carboxylic acids is 1. The van der Waals surface area contributed by atoms with E-state index in [4.69, 9.17) is 9.15 Å². The molecule has 0 spiro atoms. The molecule has 124 valence electrons. The largest absolute Gasteiger partial charge is 0.494 e. The fourth-order valence-corrected chi connectivity index (χ4v) is 2.37. The van der Waals surface area contributed by atoms with Gasteiger partial charge >= 0.3 is 0 Å². The molecule has 0 bridgehead atoms. The molecule has 8 nitrogen and oxygen atoms in total. The number of hydrogen-bond donors (Lipinski definition) is 0. The Morgan fingerprint density at radius 1 is 1.38 bits per heavy atom. The van der Waals surface area contributed by atoms with Gasteiger partial charge in [0.15, 0.2) is 0 Å². The Balaban J connectivity index is 1.91. The van der Waals surface area contributed by atoms with Gasteiger partial charge in [0.05, 0.1) is 19.4 Å². The molecule has 0 radical (unpaired) electrons. The predicted octanol–water partition coefficient (Wildman–Crippen LogP) is 2.10. The van der Waals surface area contributed by atoms with Crippen LogP contribution in [0.4, 0.5) is 0 Å². The molecule has 0 aliphatic rings. The van der Waals surface area contributed by atoms with Crippen LogP contribution in [0.25, 0.3) is 5.69 Å². The van der Waals surface area contributed by atoms with Gasteiger partial charge in [0.2, 0.25) is 0 Å². The molecule has 1 amide bonds. The van der Waals surface area contributed by atoms with Crippen LogP contribution in [0.1, 0.15) is 29.1 Å². The SMILES string of the molecule is COc1ccc(C(=O)N(C)[C@@H](C)c2ccco2)cc1-n1cnnn1. The van der Waals surface area contributed by atoms with Crippen molar-refractivity contribution in [3.05, 3.63) is 54.2 Å². The molecular weight excluding hydrogens is 310 g/mol. The number of amides is 1. The van der Waals surface area contributed by atoms with E-state index >= 15 is 0 Å². The summed E-state index contributed by atoms with van der Waals surface area (Å²) in [5.74, 6) is 1.15. The lowest BCUT2D eigenvalue weighted by molar-refractivity contribution is 0.0726. The van der Waals surface area contributed by atoms with Gasteiger partial charge in [-0.25, -0.2) is 0 Å². The summed E-state index contributed by atoms with van der Waals surface area (Å²) in [6, 6.07) is 8.58. The standard InChI is InChI=1S/C16H17N5O3/c1-11(14-5-4-8-24-14)20(2)16(22)12-6-7-15(23-3)13(9-12)21-10-17-18-19-21/h4-11H,1-3H3/t11-/m0/s1. The van der Waals surface area contributed by atoms with Crippen molar-refractivity contribution in [1.29, 1.82) is 0 Å². The number of nitrogens with zero attached hydrogens (tertiary/aromatic N) is 5. The van der Waals surface area contributed by atoms with Crippen LogP contribution in [0, 0.1) is 0 Å². The zero-order chi connectivity index (χ0) is 17.1. The van der Waals surface area contributed by atoms with E-state index in [1.165, 1.54) is 11.0 Å². The molecule has 0 N–H and O–H groups in total. The molecule has 0 saturated carbocycles. The van der Waals surface area contributed by atoms with Crippen LogP contribution in [0.2, 0.25) is 0 Å². The van der Waals surface area contributed by atoms with Gasteiger partial charge in [0.25, 0.3) is 5.91 Å². The molecule has 3 rings (SSSR count). The van der Waals surface area contributed by atoms with E-state index in [0.717, 1.165) is 5.76 Å². The van der Waals surface area contributed by atoms with Crippen molar-refractivity contribution in [2.24, 2.45) is 0 Å². The molecule has 0 unspecified atom stereocenters. The van der Waals surface area contributed by atoms with Crippen LogP contribution in [0.5, 0.6) is 5.75 Å². The van der Waals surface area contributed by atoms with Gasteiger partial charge in [-0.15, -0.1) is 5.10 Å². The maximum Gasteiger partial charge on any atom is 0.254 e. The van der Waals surface area contributed by atoms with Crippen molar-refractivity contribution < 1.29 is 13.9 Å². The van der Waals surface area contributed by atoms with Crippen LogP contribution in [0.15, 0.2) is 47.3 Å². The van der Waals surface area contributed by atoms with Gasteiger partial charge in [-0.3, -0.25) is 4.79 Å². The van der Waals surface area contributed by atoms with E-state index in [1.54, 1.807) is 49.6 Å². The van der Waals surface area contributed by atoms with Crippen LogP contribution >= 0.6 is 0 Å². The van der Waals surface area contributed by atoms with Gasteiger partial charge in [0, 0.05) is 12.6 Å². The Kier molecular flexibility index (Phi) is 4.28. The summed E-state index contributed by atoms with van der Waals surface area (Å²) in [7, 11) is 3.28. The van der Waals surface area contributed by atoms with Gasteiger partial charge in [0.1, 0.15) is 23.5 Å². The quantitative estimate of drug-likeness (QED) is 0.713. The highest BCUT2D eigenvalue weighted by molar-refractivity contribution is 5.95. The molecule has 2 heterocycles. The topological polar surface area (TPSA) is 86.3 Å². The number of rotatable bonds is 5. The number of hydrogen-bond acceptors (Lipinski definition) is 6. The number of tetrazole rings is 1. The Labute approximate surface area is 138 Å². The maximum atomic E-state index is 12.8. The molecule has 0 fully saturated rings. The van der Waals surface area contributed by atoms with Crippen molar-refractivity contribution in [2.45, 2.75) is 13.0 Å². The minimum Gasteiger partial charge on any atom is -0.494 e. The van der Waals surface area contributed by atoms with Crippen molar-refractivity contribution in [1.82, 2.24) is 25.1 Å². The second-order valence-corrected chi connectivity index (χ2v) is 5.25. The number of methoxy groups -OCH3 is 1. The predicted molar refractivity (Wildman–Crippen MR) is 84.9 cm³/mol. The zero-order valence-electron chi connectivity index (χ0n) is 13.6. The molecule has 1 atom stereocenters. The highest BCUT2D eigenvalue weighted by Crippen LogP contribution is 2.26. The van der Waals surface area contributed by atoms with E-state index in [-0.39, 0.29) is 11.9 Å². The van der Waals surface area contributed by atoms with Gasteiger partial charge in [-0.05, 0) is 47.7 Å². The number of benzene rings is 1. The summed E-state index contributed by atoms with van der Waals surface area (Å²) >= 11 is 0. The second-order valence-electron chi connectivity index (χ2n) is 5.25. The monoisotopic (exact) mass is 327 g/mol. The Bertz CT molecular complexity index is 814. The number of carbonyl (C=O) groups is 1. The van der Waals surface area contributed by atoms with Crippen LogP contribution in [-0.2, 0) is 0 Å². The molecular formula is C16H17N5O3. The van der Waals surface area contributed by atoms with E-state index in [9.17, 15) is 4.79 Å². The number of ether oxygens (including phenoxy) is 1. The first-order valence-corrected chi connectivity index (χ1v) is 7.33. The normalized spacial score (nSPS) is 12.0.